The first-order valence-electron chi connectivity index (χ1n) is 5.14. The summed E-state index contributed by atoms with van der Waals surface area (Å²) in [5.74, 6) is 2.21. The second kappa shape index (κ2) is 4.94. The molecular weight excluding hydrogens is 174 g/mol. The van der Waals surface area contributed by atoms with Crippen molar-refractivity contribution >= 4 is 5.82 Å². The summed E-state index contributed by atoms with van der Waals surface area (Å²) in [6.45, 7) is 9.59. The number of nitrogens with zero attached hydrogens (tertiary/aromatic N) is 2. The molecule has 1 unspecified atom stereocenters. The van der Waals surface area contributed by atoms with Crippen LogP contribution in [0.2, 0.25) is 0 Å². The standard InChI is InChI=1S/C11H19N3/c1-8(2)9(3)7-12-11-6-5-10(4)13-14-11/h5-6,8-9H,7H2,1-4H3,(H,12,14). The molecule has 0 bridgehead atoms. The van der Waals surface area contributed by atoms with Crippen LogP contribution < -0.4 is 5.32 Å². The predicted molar refractivity (Wildman–Crippen MR) is 59.3 cm³/mol. The highest BCUT2D eigenvalue weighted by molar-refractivity contribution is 5.32. The van der Waals surface area contributed by atoms with E-state index in [1.54, 1.807) is 0 Å². The summed E-state index contributed by atoms with van der Waals surface area (Å²) in [4.78, 5) is 0. The van der Waals surface area contributed by atoms with Crippen molar-refractivity contribution in [2.75, 3.05) is 11.9 Å². The summed E-state index contributed by atoms with van der Waals surface area (Å²) < 4.78 is 0. The average molecular weight is 193 g/mol. The van der Waals surface area contributed by atoms with E-state index < -0.39 is 0 Å². The van der Waals surface area contributed by atoms with E-state index in [0.29, 0.717) is 11.8 Å². The van der Waals surface area contributed by atoms with Gasteiger partial charge in [-0.05, 0) is 30.9 Å². The number of rotatable bonds is 4. The summed E-state index contributed by atoms with van der Waals surface area (Å²) >= 11 is 0. The molecule has 1 heterocycles. The molecule has 0 saturated carbocycles. The molecule has 0 aromatic carbocycles. The van der Waals surface area contributed by atoms with E-state index in [1.807, 2.05) is 19.1 Å². The molecule has 0 radical (unpaired) electrons. The molecule has 1 aromatic rings. The number of aromatic nitrogens is 2. The fourth-order valence-electron chi connectivity index (χ4n) is 0.994. The molecule has 0 aliphatic carbocycles. The molecule has 0 aliphatic rings. The summed E-state index contributed by atoms with van der Waals surface area (Å²) in [6, 6.07) is 3.94. The highest BCUT2D eigenvalue weighted by Crippen LogP contribution is 2.10. The SMILES string of the molecule is Cc1ccc(NCC(C)C(C)C)nn1. The summed E-state index contributed by atoms with van der Waals surface area (Å²) in [5.41, 5.74) is 0.951. The fraction of sp³-hybridized carbons (Fsp3) is 0.636. The minimum Gasteiger partial charge on any atom is -0.368 e. The number of aryl methyl sites for hydroxylation is 1. The second-order valence-electron chi connectivity index (χ2n) is 4.16. The predicted octanol–water partition coefficient (Wildman–Crippen LogP) is 2.49. The third-order valence-electron chi connectivity index (χ3n) is 2.54. The van der Waals surface area contributed by atoms with Crippen LogP contribution in [0.5, 0.6) is 0 Å². The van der Waals surface area contributed by atoms with Crippen molar-refractivity contribution in [2.45, 2.75) is 27.7 Å². The number of hydrogen-bond donors (Lipinski definition) is 1. The Morgan fingerprint density at radius 3 is 2.43 bits per heavy atom. The topological polar surface area (TPSA) is 37.8 Å². The molecule has 1 aromatic heterocycles. The minimum atomic E-state index is 0.651. The van der Waals surface area contributed by atoms with Crippen molar-refractivity contribution < 1.29 is 0 Å². The molecule has 78 valence electrons. The molecule has 1 N–H and O–H groups in total. The van der Waals surface area contributed by atoms with E-state index in [2.05, 4.69) is 36.3 Å². The van der Waals surface area contributed by atoms with Crippen LogP contribution in [0.3, 0.4) is 0 Å². The quantitative estimate of drug-likeness (QED) is 0.798. The van der Waals surface area contributed by atoms with Gasteiger partial charge in [0.05, 0.1) is 5.69 Å². The fourth-order valence-corrected chi connectivity index (χ4v) is 0.994. The van der Waals surface area contributed by atoms with E-state index in [1.165, 1.54) is 0 Å². The molecule has 0 amide bonds. The molecule has 0 spiro atoms. The average Bonchev–Trinajstić information content (AvgIpc) is 2.16. The van der Waals surface area contributed by atoms with E-state index >= 15 is 0 Å². The zero-order valence-electron chi connectivity index (χ0n) is 9.41. The monoisotopic (exact) mass is 193 g/mol. The number of nitrogens with one attached hydrogen (secondary N) is 1. The molecule has 1 rings (SSSR count). The van der Waals surface area contributed by atoms with Crippen LogP contribution >= 0.6 is 0 Å². The Hall–Kier alpha value is -1.12. The molecule has 3 nitrogen and oxygen atoms in total. The molecule has 14 heavy (non-hydrogen) atoms. The maximum absolute atomic E-state index is 4.05. The van der Waals surface area contributed by atoms with Crippen LogP contribution in [-0.2, 0) is 0 Å². The molecule has 0 saturated heterocycles. The van der Waals surface area contributed by atoms with Crippen LogP contribution in [0.4, 0.5) is 5.82 Å². The Bertz CT molecular complexity index is 266. The van der Waals surface area contributed by atoms with E-state index in [-0.39, 0.29) is 0 Å². The zero-order valence-corrected chi connectivity index (χ0v) is 9.41. The van der Waals surface area contributed by atoms with Gasteiger partial charge in [-0.1, -0.05) is 20.8 Å². The molecule has 0 aliphatic heterocycles. The van der Waals surface area contributed by atoms with Crippen molar-refractivity contribution in [1.82, 2.24) is 10.2 Å². The van der Waals surface area contributed by atoms with Crippen molar-refractivity contribution in [2.24, 2.45) is 11.8 Å². The second-order valence-corrected chi connectivity index (χ2v) is 4.16. The lowest BCUT2D eigenvalue weighted by Crippen LogP contribution is -2.17. The third kappa shape index (κ3) is 3.32. The largest absolute Gasteiger partial charge is 0.368 e. The first-order chi connectivity index (χ1) is 6.59. The molecular formula is C11H19N3. The Labute approximate surface area is 85.9 Å². The lowest BCUT2D eigenvalue weighted by molar-refractivity contribution is 0.439. The van der Waals surface area contributed by atoms with E-state index in [9.17, 15) is 0 Å². The van der Waals surface area contributed by atoms with Gasteiger partial charge in [0.25, 0.3) is 0 Å². The lowest BCUT2D eigenvalue weighted by atomic mass is 9.98. The smallest absolute Gasteiger partial charge is 0.148 e. The van der Waals surface area contributed by atoms with Gasteiger partial charge in [0, 0.05) is 6.54 Å². The van der Waals surface area contributed by atoms with Gasteiger partial charge in [0.2, 0.25) is 0 Å². The van der Waals surface area contributed by atoms with Gasteiger partial charge in [-0.15, -0.1) is 5.10 Å². The van der Waals surface area contributed by atoms with Crippen LogP contribution in [0.1, 0.15) is 26.5 Å². The maximum atomic E-state index is 4.05. The Balaban J connectivity index is 2.42. The van der Waals surface area contributed by atoms with E-state index in [0.717, 1.165) is 18.1 Å². The van der Waals surface area contributed by atoms with Crippen molar-refractivity contribution in [3.8, 4) is 0 Å². The minimum absolute atomic E-state index is 0.651. The van der Waals surface area contributed by atoms with Crippen LogP contribution in [0.15, 0.2) is 12.1 Å². The highest BCUT2D eigenvalue weighted by atomic mass is 15.2. The van der Waals surface area contributed by atoms with Crippen molar-refractivity contribution in [3.05, 3.63) is 17.8 Å². The molecule has 1 atom stereocenters. The normalized spacial score (nSPS) is 12.9. The third-order valence-corrected chi connectivity index (χ3v) is 2.54. The summed E-state index contributed by atoms with van der Waals surface area (Å²) in [7, 11) is 0. The summed E-state index contributed by atoms with van der Waals surface area (Å²) in [6.07, 6.45) is 0. The maximum Gasteiger partial charge on any atom is 0.148 e. The van der Waals surface area contributed by atoms with E-state index in [4.69, 9.17) is 0 Å². The van der Waals surface area contributed by atoms with Crippen LogP contribution in [0.25, 0.3) is 0 Å². The number of anilines is 1. The first kappa shape index (κ1) is 11.0. The summed E-state index contributed by atoms with van der Waals surface area (Å²) in [5, 5.41) is 11.3. The lowest BCUT2D eigenvalue weighted by Gasteiger charge is -2.15. The van der Waals surface area contributed by atoms with Gasteiger partial charge in [0.1, 0.15) is 5.82 Å². The van der Waals surface area contributed by atoms with Gasteiger partial charge in [-0.3, -0.25) is 0 Å². The van der Waals surface area contributed by atoms with Gasteiger partial charge >= 0.3 is 0 Å². The van der Waals surface area contributed by atoms with Gasteiger partial charge in [-0.25, -0.2) is 0 Å². The van der Waals surface area contributed by atoms with Crippen molar-refractivity contribution in [1.29, 1.82) is 0 Å². The van der Waals surface area contributed by atoms with Gasteiger partial charge in [-0.2, -0.15) is 5.10 Å². The molecule has 0 fully saturated rings. The Kier molecular flexibility index (Phi) is 3.86. The Morgan fingerprint density at radius 1 is 1.21 bits per heavy atom. The van der Waals surface area contributed by atoms with Crippen LogP contribution in [-0.4, -0.2) is 16.7 Å². The Morgan fingerprint density at radius 2 is 1.93 bits per heavy atom. The zero-order chi connectivity index (χ0) is 10.6. The first-order valence-corrected chi connectivity index (χ1v) is 5.14. The van der Waals surface area contributed by atoms with Crippen LogP contribution in [0, 0.1) is 18.8 Å². The highest BCUT2D eigenvalue weighted by Gasteiger charge is 2.06. The van der Waals surface area contributed by atoms with Gasteiger partial charge < -0.3 is 5.32 Å². The van der Waals surface area contributed by atoms with Gasteiger partial charge in [0.15, 0.2) is 0 Å². The number of hydrogen-bond acceptors (Lipinski definition) is 3. The van der Waals surface area contributed by atoms with Crippen molar-refractivity contribution in [3.63, 3.8) is 0 Å². The molecule has 3 heteroatoms.